The van der Waals surface area contributed by atoms with Crippen LogP contribution in [0.4, 0.5) is 13.2 Å². The van der Waals surface area contributed by atoms with Gasteiger partial charge in [0.15, 0.2) is 6.61 Å². The molecule has 1 saturated heterocycles. The molecule has 1 aliphatic rings. The summed E-state index contributed by atoms with van der Waals surface area (Å²) in [4.78, 5) is 9.23. The molecule has 1 aromatic heterocycles. The Labute approximate surface area is 176 Å². The minimum atomic E-state index is -4.84. The lowest BCUT2D eigenvalue weighted by Gasteiger charge is -2.26. The fraction of sp³-hybridized carbons (Fsp3) is 0.333. The molecule has 0 unspecified atom stereocenters. The first-order valence-electron chi connectivity index (χ1n) is 8.78. The number of hydrogen-bond donors (Lipinski definition) is 0. The standard InChI is InChI=1S/C18H17ClF3N3O4S/c19-17-3-1-2-14(23-17)12-28-24-13-8-10-25(11-9-13)30(26,27)16-6-4-15(5-7-16)29-18(20,21)22/h1-7H,8-12H2. The van der Waals surface area contributed by atoms with Crippen LogP contribution in [0.5, 0.6) is 5.75 Å². The second-order valence-electron chi connectivity index (χ2n) is 6.31. The lowest BCUT2D eigenvalue weighted by atomic mass is 10.1. The second-order valence-corrected chi connectivity index (χ2v) is 8.63. The van der Waals surface area contributed by atoms with Crippen molar-refractivity contribution in [3.8, 4) is 5.75 Å². The van der Waals surface area contributed by atoms with Gasteiger partial charge in [-0.3, -0.25) is 0 Å². The van der Waals surface area contributed by atoms with Crippen molar-refractivity contribution in [2.45, 2.75) is 30.7 Å². The number of aromatic nitrogens is 1. The number of sulfonamides is 1. The zero-order valence-electron chi connectivity index (χ0n) is 15.5. The number of oxime groups is 1. The van der Waals surface area contributed by atoms with Gasteiger partial charge in [-0.2, -0.15) is 4.31 Å². The number of piperidine rings is 1. The molecule has 0 saturated carbocycles. The van der Waals surface area contributed by atoms with Gasteiger partial charge in [-0.15, -0.1) is 13.2 Å². The average Bonchev–Trinajstić information content (AvgIpc) is 2.68. The Hall–Kier alpha value is -2.37. The fourth-order valence-corrected chi connectivity index (χ4v) is 4.38. The number of ether oxygens (including phenoxy) is 1. The molecule has 0 aliphatic carbocycles. The summed E-state index contributed by atoms with van der Waals surface area (Å²) >= 11 is 5.80. The summed E-state index contributed by atoms with van der Waals surface area (Å²) in [7, 11) is -3.84. The van der Waals surface area contributed by atoms with Crippen LogP contribution in [-0.4, -0.2) is 42.9 Å². The van der Waals surface area contributed by atoms with E-state index in [4.69, 9.17) is 16.4 Å². The summed E-state index contributed by atoms with van der Waals surface area (Å²) in [5, 5.41) is 4.38. The highest BCUT2D eigenvalue weighted by Crippen LogP contribution is 2.26. The van der Waals surface area contributed by atoms with Gasteiger partial charge in [0.1, 0.15) is 10.9 Å². The lowest BCUT2D eigenvalue weighted by molar-refractivity contribution is -0.274. The highest BCUT2D eigenvalue weighted by Gasteiger charge is 2.32. The average molecular weight is 464 g/mol. The Morgan fingerprint density at radius 1 is 1.10 bits per heavy atom. The third-order valence-corrected chi connectivity index (χ3v) is 6.30. The summed E-state index contributed by atoms with van der Waals surface area (Å²) in [6.45, 7) is 0.500. The minimum absolute atomic E-state index is 0.110. The fourth-order valence-electron chi connectivity index (χ4n) is 2.76. The predicted octanol–water partition coefficient (Wildman–Crippen LogP) is 3.99. The van der Waals surface area contributed by atoms with Gasteiger partial charge in [0, 0.05) is 25.9 Å². The molecule has 1 aliphatic heterocycles. The minimum Gasteiger partial charge on any atom is -0.406 e. The van der Waals surface area contributed by atoms with E-state index < -0.39 is 22.1 Å². The van der Waals surface area contributed by atoms with Crippen LogP contribution in [0.15, 0.2) is 52.5 Å². The van der Waals surface area contributed by atoms with Gasteiger partial charge in [-0.05, 0) is 36.4 Å². The molecule has 1 fully saturated rings. The van der Waals surface area contributed by atoms with Crippen LogP contribution in [0, 0.1) is 0 Å². The van der Waals surface area contributed by atoms with Crippen LogP contribution >= 0.6 is 11.6 Å². The maximum absolute atomic E-state index is 12.7. The normalized spacial score (nSPS) is 15.7. The first kappa shape index (κ1) is 22.3. The molecule has 0 spiro atoms. The van der Waals surface area contributed by atoms with Crippen LogP contribution in [0.1, 0.15) is 18.5 Å². The molecule has 0 amide bonds. The maximum Gasteiger partial charge on any atom is 0.573 e. The number of halogens is 4. The first-order valence-corrected chi connectivity index (χ1v) is 10.6. The molecular weight excluding hydrogens is 447 g/mol. The molecule has 1 aromatic carbocycles. The molecule has 0 atom stereocenters. The number of benzene rings is 1. The van der Waals surface area contributed by atoms with E-state index in [0.717, 1.165) is 24.3 Å². The molecule has 2 aromatic rings. The van der Waals surface area contributed by atoms with Gasteiger partial charge < -0.3 is 9.57 Å². The highest BCUT2D eigenvalue weighted by molar-refractivity contribution is 7.89. The number of rotatable bonds is 6. The van der Waals surface area contributed by atoms with E-state index in [1.165, 1.54) is 4.31 Å². The molecule has 0 bridgehead atoms. The van der Waals surface area contributed by atoms with Crippen LogP contribution in [0.2, 0.25) is 5.15 Å². The van der Waals surface area contributed by atoms with Crippen LogP contribution in [0.3, 0.4) is 0 Å². The van der Waals surface area contributed by atoms with E-state index >= 15 is 0 Å². The van der Waals surface area contributed by atoms with Crippen molar-refractivity contribution >= 4 is 27.3 Å². The summed E-state index contributed by atoms with van der Waals surface area (Å²) in [5.41, 5.74) is 1.32. The third kappa shape index (κ3) is 6.07. The summed E-state index contributed by atoms with van der Waals surface area (Å²) in [5.74, 6) is -0.485. The van der Waals surface area contributed by atoms with Crippen LogP contribution in [0.25, 0.3) is 0 Å². The Morgan fingerprint density at radius 2 is 1.77 bits per heavy atom. The zero-order chi connectivity index (χ0) is 21.8. The Morgan fingerprint density at radius 3 is 2.37 bits per heavy atom. The van der Waals surface area contributed by atoms with Crippen molar-refractivity contribution in [2.24, 2.45) is 5.16 Å². The van der Waals surface area contributed by atoms with Gasteiger partial charge in [0.2, 0.25) is 10.0 Å². The van der Waals surface area contributed by atoms with Crippen molar-refractivity contribution in [2.75, 3.05) is 13.1 Å². The van der Waals surface area contributed by atoms with E-state index in [-0.39, 0.29) is 24.6 Å². The topological polar surface area (TPSA) is 81.1 Å². The van der Waals surface area contributed by atoms with E-state index in [1.54, 1.807) is 18.2 Å². The molecule has 3 rings (SSSR count). The number of pyridine rings is 1. The van der Waals surface area contributed by atoms with E-state index in [1.807, 2.05) is 0 Å². The maximum atomic E-state index is 12.7. The molecule has 12 heteroatoms. The van der Waals surface area contributed by atoms with Crippen molar-refractivity contribution in [3.63, 3.8) is 0 Å². The van der Waals surface area contributed by atoms with Gasteiger partial charge in [0.25, 0.3) is 0 Å². The summed E-state index contributed by atoms with van der Waals surface area (Å²) < 4.78 is 67.1. The predicted molar refractivity (Wildman–Crippen MR) is 103 cm³/mol. The van der Waals surface area contributed by atoms with Crippen molar-refractivity contribution in [1.82, 2.24) is 9.29 Å². The molecule has 0 N–H and O–H groups in total. The first-order chi connectivity index (χ1) is 14.1. The number of nitrogens with zero attached hydrogens (tertiary/aromatic N) is 3. The van der Waals surface area contributed by atoms with Crippen molar-refractivity contribution in [3.05, 3.63) is 53.3 Å². The Kier molecular flexibility index (Phi) is 6.84. The lowest BCUT2D eigenvalue weighted by Crippen LogP contribution is -2.38. The molecule has 7 nitrogen and oxygen atoms in total. The van der Waals surface area contributed by atoms with Crippen LogP contribution in [-0.2, 0) is 21.5 Å². The molecule has 0 radical (unpaired) electrons. The van der Waals surface area contributed by atoms with E-state index in [2.05, 4.69) is 14.9 Å². The number of alkyl halides is 3. The third-order valence-electron chi connectivity index (χ3n) is 4.17. The smallest absolute Gasteiger partial charge is 0.406 e. The van der Waals surface area contributed by atoms with Crippen molar-refractivity contribution < 1.29 is 31.2 Å². The monoisotopic (exact) mass is 463 g/mol. The Bertz CT molecular complexity index is 1000. The van der Waals surface area contributed by atoms with Gasteiger partial charge in [0.05, 0.1) is 16.3 Å². The van der Waals surface area contributed by atoms with Gasteiger partial charge >= 0.3 is 6.36 Å². The molecular formula is C18H17ClF3N3O4S. The van der Waals surface area contributed by atoms with Gasteiger partial charge in [-0.1, -0.05) is 22.8 Å². The quantitative estimate of drug-likeness (QED) is 0.478. The second kappa shape index (κ2) is 9.19. The Balaban J connectivity index is 1.55. The summed E-state index contributed by atoms with van der Waals surface area (Å²) in [6.07, 6.45) is -4.09. The van der Waals surface area contributed by atoms with E-state index in [9.17, 15) is 21.6 Å². The summed E-state index contributed by atoms with van der Waals surface area (Å²) in [6, 6.07) is 9.23. The number of hydrogen-bond acceptors (Lipinski definition) is 6. The molecule has 2 heterocycles. The largest absolute Gasteiger partial charge is 0.573 e. The molecule has 162 valence electrons. The van der Waals surface area contributed by atoms with Gasteiger partial charge in [-0.25, -0.2) is 13.4 Å². The zero-order valence-corrected chi connectivity index (χ0v) is 17.0. The van der Waals surface area contributed by atoms with Crippen LogP contribution < -0.4 is 4.74 Å². The van der Waals surface area contributed by atoms with E-state index in [0.29, 0.717) is 29.4 Å². The SMILES string of the molecule is O=S(=O)(c1ccc(OC(F)(F)F)cc1)N1CCC(=NOCc2cccc(Cl)n2)CC1. The van der Waals surface area contributed by atoms with Crippen molar-refractivity contribution in [1.29, 1.82) is 0 Å². The highest BCUT2D eigenvalue weighted by atomic mass is 35.5. The molecule has 30 heavy (non-hydrogen) atoms.